The molecule has 0 fully saturated rings. The summed E-state index contributed by atoms with van der Waals surface area (Å²) >= 11 is 0. The second kappa shape index (κ2) is 5.21. The molecule has 0 bridgehead atoms. The Bertz CT molecular complexity index is 534. The van der Waals surface area contributed by atoms with Crippen LogP contribution >= 0.6 is 0 Å². The number of hydrogen-bond acceptors (Lipinski definition) is 2. The molecule has 1 heterocycles. The van der Waals surface area contributed by atoms with Crippen molar-refractivity contribution < 1.29 is 4.39 Å². The van der Waals surface area contributed by atoms with Crippen molar-refractivity contribution in [1.82, 2.24) is 9.78 Å². The van der Waals surface area contributed by atoms with Crippen LogP contribution in [-0.4, -0.2) is 9.78 Å². The largest absolute Gasteiger partial charge is 0.376 e. The molecule has 0 aliphatic rings. The number of aryl methyl sites for hydroxylation is 2. The van der Waals surface area contributed by atoms with E-state index in [0.29, 0.717) is 5.56 Å². The lowest BCUT2D eigenvalue weighted by Crippen LogP contribution is -2.06. The van der Waals surface area contributed by atoms with Gasteiger partial charge in [-0.25, -0.2) is 4.39 Å². The SMILES string of the molecule is CCn1cc(NC(C)c2ccc(C)c(F)c2)cn1. The quantitative estimate of drug-likeness (QED) is 0.895. The van der Waals surface area contributed by atoms with E-state index < -0.39 is 0 Å². The van der Waals surface area contributed by atoms with E-state index in [9.17, 15) is 4.39 Å². The first-order chi connectivity index (χ1) is 8.60. The molecule has 0 amide bonds. The Morgan fingerprint density at radius 2 is 2.22 bits per heavy atom. The number of anilines is 1. The smallest absolute Gasteiger partial charge is 0.126 e. The molecule has 3 nitrogen and oxygen atoms in total. The molecule has 0 saturated carbocycles. The number of nitrogens with one attached hydrogen (secondary N) is 1. The predicted octanol–water partition coefficient (Wildman–Crippen LogP) is 3.52. The van der Waals surface area contributed by atoms with E-state index in [4.69, 9.17) is 0 Å². The first kappa shape index (κ1) is 12.6. The van der Waals surface area contributed by atoms with E-state index in [1.165, 1.54) is 0 Å². The van der Waals surface area contributed by atoms with Gasteiger partial charge in [0.15, 0.2) is 0 Å². The van der Waals surface area contributed by atoms with Gasteiger partial charge in [0.1, 0.15) is 5.82 Å². The van der Waals surface area contributed by atoms with E-state index in [2.05, 4.69) is 10.4 Å². The fourth-order valence-corrected chi connectivity index (χ4v) is 1.82. The molecule has 2 rings (SSSR count). The highest BCUT2D eigenvalue weighted by molar-refractivity contribution is 5.41. The number of rotatable bonds is 4. The zero-order valence-corrected chi connectivity index (χ0v) is 10.9. The molecule has 1 atom stereocenters. The molecule has 0 saturated heterocycles. The third-order valence-electron chi connectivity index (χ3n) is 3.04. The van der Waals surface area contributed by atoms with Crippen molar-refractivity contribution in [3.05, 3.63) is 47.5 Å². The van der Waals surface area contributed by atoms with Crippen LogP contribution in [0.15, 0.2) is 30.6 Å². The van der Waals surface area contributed by atoms with Crippen molar-refractivity contribution >= 4 is 5.69 Å². The highest BCUT2D eigenvalue weighted by Crippen LogP contribution is 2.20. The monoisotopic (exact) mass is 247 g/mol. The molecule has 18 heavy (non-hydrogen) atoms. The number of nitrogens with zero attached hydrogens (tertiary/aromatic N) is 2. The molecule has 1 aromatic carbocycles. The Balaban J connectivity index is 2.11. The molecule has 1 aromatic heterocycles. The van der Waals surface area contributed by atoms with Crippen molar-refractivity contribution in [2.24, 2.45) is 0 Å². The Kier molecular flexibility index (Phi) is 3.65. The summed E-state index contributed by atoms with van der Waals surface area (Å²) in [6.07, 6.45) is 3.73. The molecule has 0 aliphatic carbocycles. The Hall–Kier alpha value is -1.84. The molecule has 0 radical (unpaired) electrons. The third kappa shape index (κ3) is 2.70. The Morgan fingerprint density at radius 1 is 1.44 bits per heavy atom. The average Bonchev–Trinajstić information content (AvgIpc) is 2.80. The van der Waals surface area contributed by atoms with Crippen LogP contribution in [0.25, 0.3) is 0 Å². The van der Waals surface area contributed by atoms with Crippen LogP contribution in [0.5, 0.6) is 0 Å². The van der Waals surface area contributed by atoms with Gasteiger partial charge in [0.2, 0.25) is 0 Å². The first-order valence-electron chi connectivity index (χ1n) is 6.15. The summed E-state index contributed by atoms with van der Waals surface area (Å²) in [4.78, 5) is 0. The maximum absolute atomic E-state index is 13.5. The van der Waals surface area contributed by atoms with Crippen LogP contribution in [0.4, 0.5) is 10.1 Å². The van der Waals surface area contributed by atoms with Crippen molar-refractivity contribution in [3.8, 4) is 0 Å². The molecule has 1 N–H and O–H groups in total. The summed E-state index contributed by atoms with van der Waals surface area (Å²) in [6.45, 7) is 6.65. The molecular formula is C14H18FN3. The second-order valence-electron chi connectivity index (χ2n) is 4.46. The van der Waals surface area contributed by atoms with E-state index in [1.54, 1.807) is 25.3 Å². The van der Waals surface area contributed by atoms with Gasteiger partial charge in [-0.15, -0.1) is 0 Å². The van der Waals surface area contributed by atoms with E-state index >= 15 is 0 Å². The Labute approximate surface area is 107 Å². The lowest BCUT2D eigenvalue weighted by Gasteiger charge is -2.14. The van der Waals surface area contributed by atoms with E-state index in [0.717, 1.165) is 17.8 Å². The standard InChI is InChI=1S/C14H18FN3/c1-4-18-9-13(8-16-18)17-11(3)12-6-5-10(2)14(15)7-12/h5-9,11,17H,4H2,1-3H3. The zero-order valence-electron chi connectivity index (χ0n) is 10.9. The molecule has 1 unspecified atom stereocenters. The topological polar surface area (TPSA) is 29.9 Å². The van der Waals surface area contributed by atoms with Crippen molar-refractivity contribution in [3.63, 3.8) is 0 Å². The lowest BCUT2D eigenvalue weighted by atomic mass is 10.1. The lowest BCUT2D eigenvalue weighted by molar-refractivity contribution is 0.614. The number of halogens is 1. The number of hydrogen-bond donors (Lipinski definition) is 1. The van der Waals surface area contributed by atoms with Crippen molar-refractivity contribution in [2.45, 2.75) is 33.4 Å². The van der Waals surface area contributed by atoms with Gasteiger partial charge >= 0.3 is 0 Å². The number of aromatic nitrogens is 2. The molecule has 2 aromatic rings. The molecular weight excluding hydrogens is 229 g/mol. The molecule has 0 aliphatic heterocycles. The summed E-state index contributed by atoms with van der Waals surface area (Å²) < 4.78 is 15.3. The molecule has 0 spiro atoms. The van der Waals surface area contributed by atoms with Gasteiger partial charge in [-0.1, -0.05) is 12.1 Å². The minimum Gasteiger partial charge on any atom is -0.376 e. The van der Waals surface area contributed by atoms with Crippen LogP contribution in [0.2, 0.25) is 0 Å². The van der Waals surface area contributed by atoms with E-state index in [1.807, 2.05) is 30.8 Å². The third-order valence-corrected chi connectivity index (χ3v) is 3.04. The minimum atomic E-state index is -0.162. The van der Waals surface area contributed by atoms with Gasteiger partial charge in [0, 0.05) is 18.8 Å². The maximum atomic E-state index is 13.5. The molecule has 96 valence electrons. The van der Waals surface area contributed by atoms with Crippen LogP contribution in [-0.2, 0) is 6.54 Å². The predicted molar refractivity (Wildman–Crippen MR) is 71.1 cm³/mol. The highest BCUT2D eigenvalue weighted by atomic mass is 19.1. The summed E-state index contributed by atoms with van der Waals surface area (Å²) in [5, 5.41) is 7.50. The van der Waals surface area contributed by atoms with Crippen molar-refractivity contribution in [2.75, 3.05) is 5.32 Å². The Morgan fingerprint density at radius 3 is 2.83 bits per heavy atom. The average molecular weight is 247 g/mol. The van der Waals surface area contributed by atoms with Gasteiger partial charge in [-0.3, -0.25) is 4.68 Å². The van der Waals surface area contributed by atoms with Gasteiger partial charge in [-0.05, 0) is 38.0 Å². The van der Waals surface area contributed by atoms with Gasteiger partial charge in [0.25, 0.3) is 0 Å². The van der Waals surface area contributed by atoms with Gasteiger partial charge in [0.05, 0.1) is 11.9 Å². The van der Waals surface area contributed by atoms with Gasteiger partial charge < -0.3 is 5.32 Å². The summed E-state index contributed by atoms with van der Waals surface area (Å²) in [6, 6.07) is 5.38. The summed E-state index contributed by atoms with van der Waals surface area (Å²) in [5.74, 6) is -0.162. The van der Waals surface area contributed by atoms with Crippen LogP contribution in [0.3, 0.4) is 0 Å². The van der Waals surface area contributed by atoms with Gasteiger partial charge in [-0.2, -0.15) is 5.10 Å². The normalized spacial score (nSPS) is 12.4. The minimum absolute atomic E-state index is 0.0506. The van der Waals surface area contributed by atoms with Crippen LogP contribution in [0, 0.1) is 12.7 Å². The van der Waals surface area contributed by atoms with Crippen molar-refractivity contribution in [1.29, 1.82) is 0 Å². The summed E-state index contributed by atoms with van der Waals surface area (Å²) in [5.41, 5.74) is 2.55. The second-order valence-corrected chi connectivity index (χ2v) is 4.46. The zero-order chi connectivity index (χ0) is 13.1. The van der Waals surface area contributed by atoms with Crippen LogP contribution in [0.1, 0.15) is 31.0 Å². The summed E-state index contributed by atoms with van der Waals surface area (Å²) in [7, 11) is 0. The number of benzene rings is 1. The highest BCUT2D eigenvalue weighted by Gasteiger charge is 2.08. The fraction of sp³-hybridized carbons (Fsp3) is 0.357. The molecule has 4 heteroatoms. The maximum Gasteiger partial charge on any atom is 0.126 e. The van der Waals surface area contributed by atoms with E-state index in [-0.39, 0.29) is 11.9 Å². The van der Waals surface area contributed by atoms with Crippen LogP contribution < -0.4 is 5.32 Å². The fourth-order valence-electron chi connectivity index (χ4n) is 1.82. The first-order valence-corrected chi connectivity index (χ1v) is 6.15.